The number of nitrogens with zero attached hydrogens (tertiary/aromatic N) is 1. The minimum Gasteiger partial charge on any atom is -0.443 e. The Kier molecular flexibility index (Phi) is 2.96. The van der Waals surface area contributed by atoms with Crippen LogP contribution in [0.2, 0.25) is 0 Å². The molecule has 2 heterocycles. The highest BCUT2D eigenvalue weighted by molar-refractivity contribution is 7.99. The number of hydrogen-bond acceptors (Lipinski definition) is 5. The van der Waals surface area contributed by atoms with Gasteiger partial charge in [0, 0.05) is 16.8 Å². The summed E-state index contributed by atoms with van der Waals surface area (Å²) in [5.41, 5.74) is 6.38. The monoisotopic (exact) mass is 225 g/mol. The molecule has 3 N–H and O–H groups in total. The Morgan fingerprint density at radius 1 is 1.73 bits per heavy atom. The van der Waals surface area contributed by atoms with E-state index in [0.717, 1.165) is 4.90 Å². The van der Waals surface area contributed by atoms with Gasteiger partial charge in [-0.3, -0.25) is 4.98 Å². The van der Waals surface area contributed by atoms with Crippen molar-refractivity contribution in [3.8, 4) is 0 Å². The van der Waals surface area contributed by atoms with Gasteiger partial charge in [-0.25, -0.2) is 4.79 Å². The second kappa shape index (κ2) is 4.39. The smallest absolute Gasteiger partial charge is 0.407 e. The minimum absolute atomic E-state index is 0.0740. The van der Waals surface area contributed by atoms with Gasteiger partial charge in [0.2, 0.25) is 0 Å². The Labute approximate surface area is 91.4 Å². The lowest BCUT2D eigenvalue weighted by Crippen LogP contribution is -2.16. The molecule has 1 atom stereocenters. The fraction of sp³-hybridized carbons (Fsp3) is 0.333. The number of carbonyl (C=O) groups excluding carboxylic acids is 1. The molecule has 2 rings (SSSR count). The average molecular weight is 225 g/mol. The SMILES string of the molecule is Nc1cnccc1SCC1CNC(=O)O1. The standard InChI is InChI=1S/C9H11N3O2S/c10-7-4-11-2-1-8(7)15-5-6-3-12-9(13)14-6/h1-2,4,6H,3,5,10H2,(H,12,13). The number of amides is 1. The number of aromatic nitrogens is 1. The summed E-state index contributed by atoms with van der Waals surface area (Å²) in [6, 6.07) is 1.85. The molecule has 1 fully saturated rings. The van der Waals surface area contributed by atoms with Crippen molar-refractivity contribution in [1.29, 1.82) is 0 Å². The van der Waals surface area contributed by atoms with Crippen molar-refractivity contribution in [2.75, 3.05) is 18.0 Å². The predicted octanol–water partition coefficient (Wildman–Crippen LogP) is 0.864. The van der Waals surface area contributed by atoms with Crippen molar-refractivity contribution in [3.05, 3.63) is 18.5 Å². The maximum absolute atomic E-state index is 10.8. The molecule has 1 aromatic heterocycles. The number of nitrogens with one attached hydrogen (secondary N) is 1. The number of carbonyl (C=O) groups is 1. The fourth-order valence-corrected chi connectivity index (χ4v) is 2.16. The van der Waals surface area contributed by atoms with Crippen LogP contribution in [-0.2, 0) is 4.74 Å². The molecule has 0 aliphatic carbocycles. The van der Waals surface area contributed by atoms with Crippen LogP contribution in [0.3, 0.4) is 0 Å². The number of ether oxygens (including phenoxy) is 1. The zero-order valence-electron chi connectivity index (χ0n) is 7.97. The Morgan fingerprint density at radius 3 is 3.27 bits per heavy atom. The van der Waals surface area contributed by atoms with Crippen molar-refractivity contribution in [2.24, 2.45) is 0 Å². The van der Waals surface area contributed by atoms with Gasteiger partial charge >= 0.3 is 6.09 Å². The van der Waals surface area contributed by atoms with Crippen LogP contribution in [0.15, 0.2) is 23.4 Å². The van der Waals surface area contributed by atoms with E-state index in [2.05, 4.69) is 10.3 Å². The Hall–Kier alpha value is -1.43. The van der Waals surface area contributed by atoms with Gasteiger partial charge in [-0.2, -0.15) is 0 Å². The van der Waals surface area contributed by atoms with E-state index in [-0.39, 0.29) is 12.2 Å². The summed E-state index contributed by atoms with van der Waals surface area (Å²) >= 11 is 1.56. The van der Waals surface area contributed by atoms with Crippen molar-refractivity contribution >= 4 is 23.5 Å². The molecule has 1 unspecified atom stereocenters. The number of alkyl carbamates (subject to hydrolysis) is 1. The molecule has 6 heteroatoms. The van der Waals surface area contributed by atoms with E-state index < -0.39 is 0 Å². The topological polar surface area (TPSA) is 77.2 Å². The molecule has 0 aromatic carbocycles. The summed E-state index contributed by atoms with van der Waals surface area (Å²) in [6.07, 6.45) is 2.89. The molecule has 0 saturated carbocycles. The molecule has 5 nitrogen and oxygen atoms in total. The Balaban J connectivity index is 1.88. The van der Waals surface area contributed by atoms with E-state index in [1.165, 1.54) is 0 Å². The highest BCUT2D eigenvalue weighted by Crippen LogP contribution is 2.25. The van der Waals surface area contributed by atoms with Gasteiger partial charge in [0.15, 0.2) is 0 Å². The second-order valence-electron chi connectivity index (χ2n) is 3.13. The zero-order valence-corrected chi connectivity index (χ0v) is 8.79. The summed E-state index contributed by atoms with van der Waals surface area (Å²) in [6.45, 7) is 0.566. The van der Waals surface area contributed by atoms with Crippen LogP contribution in [0, 0.1) is 0 Å². The van der Waals surface area contributed by atoms with Gasteiger partial charge in [-0.05, 0) is 6.07 Å². The quantitative estimate of drug-likeness (QED) is 0.746. The predicted molar refractivity (Wildman–Crippen MR) is 57.6 cm³/mol. The molecular weight excluding hydrogens is 214 g/mol. The molecule has 1 aromatic rings. The van der Waals surface area contributed by atoms with Crippen LogP contribution < -0.4 is 11.1 Å². The third kappa shape index (κ3) is 2.53. The summed E-state index contributed by atoms with van der Waals surface area (Å²) in [5.74, 6) is 0.701. The van der Waals surface area contributed by atoms with Crippen LogP contribution in [0.25, 0.3) is 0 Å². The molecule has 0 radical (unpaired) electrons. The van der Waals surface area contributed by atoms with Crippen LogP contribution in [0.4, 0.5) is 10.5 Å². The first-order chi connectivity index (χ1) is 7.25. The van der Waals surface area contributed by atoms with Crippen LogP contribution in [-0.4, -0.2) is 29.5 Å². The van der Waals surface area contributed by atoms with E-state index in [9.17, 15) is 4.79 Å². The van der Waals surface area contributed by atoms with Gasteiger partial charge in [0.05, 0.1) is 18.4 Å². The summed E-state index contributed by atoms with van der Waals surface area (Å²) in [5, 5.41) is 2.60. The van der Waals surface area contributed by atoms with Gasteiger partial charge in [0.1, 0.15) is 6.10 Å². The number of nitrogen functional groups attached to an aromatic ring is 1. The number of anilines is 1. The third-order valence-corrected chi connectivity index (χ3v) is 3.20. The number of hydrogen-bond donors (Lipinski definition) is 2. The summed E-state index contributed by atoms with van der Waals surface area (Å²) in [4.78, 5) is 15.6. The Bertz CT molecular complexity index is 372. The van der Waals surface area contributed by atoms with Crippen molar-refractivity contribution in [1.82, 2.24) is 10.3 Å². The molecule has 1 amide bonds. The van der Waals surface area contributed by atoms with E-state index in [4.69, 9.17) is 10.5 Å². The van der Waals surface area contributed by atoms with Gasteiger partial charge in [-0.1, -0.05) is 0 Å². The summed E-state index contributed by atoms with van der Waals surface area (Å²) in [7, 11) is 0. The highest BCUT2D eigenvalue weighted by Gasteiger charge is 2.22. The molecule has 15 heavy (non-hydrogen) atoms. The third-order valence-electron chi connectivity index (χ3n) is 1.98. The van der Waals surface area contributed by atoms with Crippen LogP contribution in [0.1, 0.15) is 0 Å². The lowest BCUT2D eigenvalue weighted by Gasteiger charge is -2.08. The molecular formula is C9H11N3O2S. The van der Waals surface area contributed by atoms with Gasteiger partial charge < -0.3 is 15.8 Å². The second-order valence-corrected chi connectivity index (χ2v) is 4.19. The van der Waals surface area contributed by atoms with E-state index in [1.807, 2.05) is 6.07 Å². The van der Waals surface area contributed by atoms with Gasteiger partial charge in [0.25, 0.3) is 0 Å². The number of thioether (sulfide) groups is 1. The largest absolute Gasteiger partial charge is 0.443 e. The lowest BCUT2D eigenvalue weighted by atomic mass is 10.4. The molecule has 0 spiro atoms. The lowest BCUT2D eigenvalue weighted by molar-refractivity contribution is 0.150. The normalized spacial score (nSPS) is 19.7. The number of rotatable bonds is 3. The highest BCUT2D eigenvalue weighted by atomic mass is 32.2. The van der Waals surface area contributed by atoms with E-state index in [0.29, 0.717) is 18.0 Å². The molecule has 1 aliphatic rings. The van der Waals surface area contributed by atoms with Crippen LogP contribution in [0.5, 0.6) is 0 Å². The first-order valence-corrected chi connectivity index (χ1v) is 5.51. The fourth-order valence-electron chi connectivity index (χ4n) is 1.23. The first kappa shape index (κ1) is 10.1. The summed E-state index contributed by atoms with van der Waals surface area (Å²) < 4.78 is 5.00. The maximum Gasteiger partial charge on any atom is 0.407 e. The zero-order chi connectivity index (χ0) is 10.7. The molecule has 0 bridgehead atoms. The Morgan fingerprint density at radius 2 is 2.60 bits per heavy atom. The van der Waals surface area contributed by atoms with Crippen molar-refractivity contribution in [2.45, 2.75) is 11.0 Å². The average Bonchev–Trinajstić information content (AvgIpc) is 2.63. The number of cyclic esters (lactones) is 1. The van der Waals surface area contributed by atoms with E-state index >= 15 is 0 Å². The maximum atomic E-state index is 10.8. The van der Waals surface area contributed by atoms with Crippen LogP contribution >= 0.6 is 11.8 Å². The molecule has 1 saturated heterocycles. The van der Waals surface area contributed by atoms with E-state index in [1.54, 1.807) is 24.2 Å². The van der Waals surface area contributed by atoms with Crippen molar-refractivity contribution in [3.63, 3.8) is 0 Å². The van der Waals surface area contributed by atoms with Gasteiger partial charge in [-0.15, -0.1) is 11.8 Å². The number of nitrogens with two attached hydrogens (primary N) is 1. The first-order valence-electron chi connectivity index (χ1n) is 4.52. The molecule has 1 aliphatic heterocycles. The molecule has 80 valence electrons. The minimum atomic E-state index is -0.344. The number of pyridine rings is 1. The van der Waals surface area contributed by atoms with Crippen molar-refractivity contribution < 1.29 is 9.53 Å².